The van der Waals surface area contributed by atoms with Crippen LogP contribution in [-0.2, 0) is 0 Å². The van der Waals surface area contributed by atoms with Crippen molar-refractivity contribution in [2.45, 2.75) is 26.2 Å². The van der Waals surface area contributed by atoms with Crippen LogP contribution in [0.3, 0.4) is 0 Å². The molecule has 0 N–H and O–H groups in total. The number of hydrogen-bond acceptors (Lipinski definition) is 0. The Labute approximate surface area is 257 Å². The highest BCUT2D eigenvalue weighted by Gasteiger charge is 2.15. The average Bonchev–Trinajstić information content (AvgIpc) is 3.09. The first-order valence-corrected chi connectivity index (χ1v) is 15.8. The van der Waals surface area contributed by atoms with Crippen LogP contribution in [0.25, 0.3) is 86.9 Å². The molecule has 0 heterocycles. The molecule has 0 heteroatoms. The average molecular weight is 561 g/mol. The smallest absolute Gasteiger partial charge is 0.00206 e. The molecule has 0 spiro atoms. The summed E-state index contributed by atoms with van der Waals surface area (Å²) in [5, 5.41) is 15.8. The molecular weight excluding hydrogens is 528 g/mol. The Kier molecular flexibility index (Phi) is 5.56. The van der Waals surface area contributed by atoms with Gasteiger partial charge in [-0.1, -0.05) is 135 Å². The van der Waals surface area contributed by atoms with Gasteiger partial charge in [-0.25, -0.2) is 0 Å². The molecule has 0 aliphatic heterocycles. The Morgan fingerprint density at radius 2 is 0.955 bits per heavy atom. The van der Waals surface area contributed by atoms with Crippen LogP contribution in [0.15, 0.2) is 140 Å². The van der Waals surface area contributed by atoms with E-state index in [1.807, 2.05) is 0 Å². The summed E-state index contributed by atoms with van der Waals surface area (Å²) in [7, 11) is 0. The fourth-order valence-corrected chi connectivity index (χ4v) is 7.40. The molecule has 9 aromatic rings. The molecule has 0 radical (unpaired) electrons. The van der Waals surface area contributed by atoms with Crippen LogP contribution >= 0.6 is 0 Å². The Balaban J connectivity index is 1.14. The van der Waals surface area contributed by atoms with Crippen molar-refractivity contribution >= 4 is 64.6 Å². The van der Waals surface area contributed by atoms with Gasteiger partial charge in [-0.05, 0) is 123 Å². The van der Waals surface area contributed by atoms with Gasteiger partial charge in [-0.2, -0.15) is 0 Å². The molecule has 0 saturated carbocycles. The summed E-state index contributed by atoms with van der Waals surface area (Å²) in [4.78, 5) is 0. The van der Waals surface area contributed by atoms with Crippen molar-refractivity contribution in [3.8, 4) is 22.3 Å². The zero-order valence-corrected chi connectivity index (χ0v) is 25.1. The maximum absolute atomic E-state index is 2.41. The Morgan fingerprint density at radius 3 is 1.77 bits per heavy atom. The Hall–Kier alpha value is -5.20. The molecule has 0 fully saturated rings. The number of fused-ring (bicyclic) bond motifs is 4. The predicted octanol–water partition coefficient (Wildman–Crippen LogP) is 12.9. The van der Waals surface area contributed by atoms with Crippen molar-refractivity contribution in [1.29, 1.82) is 0 Å². The van der Waals surface area contributed by atoms with E-state index in [-0.39, 0.29) is 0 Å². The van der Waals surface area contributed by atoms with Crippen LogP contribution in [0, 0.1) is 0 Å². The summed E-state index contributed by atoms with van der Waals surface area (Å²) in [6.07, 6.45) is 1.15. The van der Waals surface area contributed by atoms with Crippen molar-refractivity contribution in [3.05, 3.63) is 145 Å². The van der Waals surface area contributed by atoms with Crippen molar-refractivity contribution in [3.63, 3.8) is 0 Å². The third kappa shape index (κ3) is 3.84. The molecular formula is C44H32. The first-order valence-electron chi connectivity index (χ1n) is 15.8. The fraction of sp³-hybridized carbons (Fsp3) is 0.0909. The van der Waals surface area contributed by atoms with Crippen molar-refractivity contribution in [1.82, 2.24) is 0 Å². The van der Waals surface area contributed by atoms with E-state index in [1.54, 1.807) is 0 Å². The van der Waals surface area contributed by atoms with E-state index in [0.29, 0.717) is 5.92 Å². The van der Waals surface area contributed by atoms with E-state index in [0.717, 1.165) is 6.42 Å². The summed E-state index contributed by atoms with van der Waals surface area (Å²) >= 11 is 0. The molecule has 1 unspecified atom stereocenters. The summed E-state index contributed by atoms with van der Waals surface area (Å²) in [5.41, 5.74) is 6.50. The van der Waals surface area contributed by atoms with Gasteiger partial charge in [0.15, 0.2) is 0 Å². The van der Waals surface area contributed by atoms with E-state index >= 15 is 0 Å². The van der Waals surface area contributed by atoms with Crippen LogP contribution in [0.1, 0.15) is 31.7 Å². The normalized spacial score (nSPS) is 12.8. The van der Waals surface area contributed by atoms with Gasteiger partial charge < -0.3 is 0 Å². The summed E-state index contributed by atoms with van der Waals surface area (Å²) < 4.78 is 0. The second-order valence-electron chi connectivity index (χ2n) is 12.5. The number of rotatable bonds is 4. The second kappa shape index (κ2) is 9.66. The van der Waals surface area contributed by atoms with E-state index < -0.39 is 0 Å². The van der Waals surface area contributed by atoms with Gasteiger partial charge in [0.05, 0.1) is 0 Å². The first-order chi connectivity index (χ1) is 21.6. The summed E-state index contributed by atoms with van der Waals surface area (Å²) in [5.74, 6) is 0.562. The Bertz CT molecular complexity index is 2530. The zero-order valence-electron chi connectivity index (χ0n) is 25.1. The third-order valence-electron chi connectivity index (χ3n) is 10.0. The Morgan fingerprint density at radius 1 is 0.409 bits per heavy atom. The van der Waals surface area contributed by atoms with Crippen molar-refractivity contribution < 1.29 is 0 Å². The van der Waals surface area contributed by atoms with Gasteiger partial charge in [0.25, 0.3) is 0 Å². The van der Waals surface area contributed by atoms with E-state index in [2.05, 4.69) is 153 Å². The molecule has 9 aromatic carbocycles. The van der Waals surface area contributed by atoms with Gasteiger partial charge in [-0.15, -0.1) is 0 Å². The molecule has 0 aliphatic carbocycles. The van der Waals surface area contributed by atoms with Crippen LogP contribution < -0.4 is 0 Å². The molecule has 0 aliphatic rings. The summed E-state index contributed by atoms with van der Waals surface area (Å²) in [6.45, 7) is 4.60. The van der Waals surface area contributed by atoms with Gasteiger partial charge in [0.1, 0.15) is 0 Å². The van der Waals surface area contributed by atoms with Gasteiger partial charge in [0.2, 0.25) is 0 Å². The standard InChI is InChI=1S/C44H32/c1-3-27(2)38-25-36-15-9-29-16-19-41(42-21-18-37(26-38)43(36)44(29)42)35-14-12-31-22-30(10-11-32(31)23-35)33-17-20-40-34(24-33)13-8-28-6-4-5-7-39(28)40/h4-27H,3H2,1-2H3. The molecule has 208 valence electrons. The molecule has 0 amide bonds. The molecule has 0 nitrogen and oxygen atoms in total. The van der Waals surface area contributed by atoms with Gasteiger partial charge in [-0.3, -0.25) is 0 Å². The largest absolute Gasteiger partial charge is 0.0648 e. The lowest BCUT2D eigenvalue weighted by Gasteiger charge is -2.17. The highest BCUT2D eigenvalue weighted by atomic mass is 14.2. The molecule has 1 atom stereocenters. The van der Waals surface area contributed by atoms with E-state index in [1.165, 1.54) is 92.5 Å². The molecule has 0 bridgehead atoms. The van der Waals surface area contributed by atoms with E-state index in [4.69, 9.17) is 0 Å². The SMILES string of the molecule is CCC(C)c1cc2ccc3ccc(-c4ccc5cc(-c6ccc7c(ccc8ccccc87)c6)ccc5c4)c4ccc(c1)c2c34. The maximum Gasteiger partial charge on any atom is -0.00206 e. The maximum atomic E-state index is 2.41. The minimum atomic E-state index is 0.562. The molecule has 44 heavy (non-hydrogen) atoms. The minimum absolute atomic E-state index is 0.562. The lowest BCUT2D eigenvalue weighted by Crippen LogP contribution is -1.93. The van der Waals surface area contributed by atoms with Crippen molar-refractivity contribution in [2.24, 2.45) is 0 Å². The molecule has 0 aromatic heterocycles. The van der Waals surface area contributed by atoms with Crippen LogP contribution in [0.4, 0.5) is 0 Å². The quantitative estimate of drug-likeness (QED) is 0.188. The molecule has 9 rings (SSSR count). The van der Waals surface area contributed by atoms with Crippen molar-refractivity contribution in [2.75, 3.05) is 0 Å². The van der Waals surface area contributed by atoms with Crippen LogP contribution in [0.5, 0.6) is 0 Å². The first kappa shape index (κ1) is 25.3. The number of hydrogen-bond donors (Lipinski definition) is 0. The molecule has 0 saturated heterocycles. The zero-order chi connectivity index (χ0) is 29.4. The van der Waals surface area contributed by atoms with Crippen LogP contribution in [-0.4, -0.2) is 0 Å². The lowest BCUT2D eigenvalue weighted by atomic mass is 9.87. The fourth-order valence-electron chi connectivity index (χ4n) is 7.40. The lowest BCUT2D eigenvalue weighted by molar-refractivity contribution is 0.735. The van der Waals surface area contributed by atoms with Crippen LogP contribution in [0.2, 0.25) is 0 Å². The third-order valence-corrected chi connectivity index (χ3v) is 10.0. The summed E-state index contributed by atoms with van der Waals surface area (Å²) in [6, 6.07) is 52.5. The minimum Gasteiger partial charge on any atom is -0.0648 e. The van der Waals surface area contributed by atoms with Gasteiger partial charge in [0, 0.05) is 0 Å². The highest BCUT2D eigenvalue weighted by molar-refractivity contribution is 6.25. The highest BCUT2D eigenvalue weighted by Crippen LogP contribution is 2.41. The predicted molar refractivity (Wildman–Crippen MR) is 192 cm³/mol. The monoisotopic (exact) mass is 560 g/mol. The number of benzene rings is 9. The topological polar surface area (TPSA) is 0 Å². The van der Waals surface area contributed by atoms with Gasteiger partial charge >= 0.3 is 0 Å². The second-order valence-corrected chi connectivity index (χ2v) is 12.5. The van der Waals surface area contributed by atoms with E-state index in [9.17, 15) is 0 Å².